The highest BCUT2D eigenvalue weighted by atomic mass is 32.1. The Balaban J connectivity index is 1.01. The Hall–Kier alpha value is -6.94. The van der Waals surface area contributed by atoms with Gasteiger partial charge >= 0.3 is 0 Å². The van der Waals surface area contributed by atoms with E-state index >= 15 is 0 Å². The normalized spacial score (nSPS) is 11.6. The second kappa shape index (κ2) is 12.9. The molecule has 11 rings (SSSR count). The monoisotopic (exact) mass is 719 g/mol. The van der Waals surface area contributed by atoms with Crippen LogP contribution in [-0.2, 0) is 0 Å². The second-order valence-corrected chi connectivity index (χ2v) is 15.2. The van der Waals surface area contributed by atoms with Crippen molar-refractivity contribution in [3.8, 4) is 33.4 Å². The number of hydrogen-bond acceptors (Lipinski definition) is 3. The number of fused-ring (bicyclic) bond motifs is 7. The van der Waals surface area contributed by atoms with Crippen LogP contribution in [0, 0.1) is 0 Å². The van der Waals surface area contributed by atoms with Gasteiger partial charge in [0.25, 0.3) is 0 Å². The van der Waals surface area contributed by atoms with Gasteiger partial charge in [-0.25, -0.2) is 0 Å². The SMILES string of the molecule is c1cc(-c2ccc(N(c3ccc(-c4ccc5sc6ccccc6c5c4)cc3)c3cccc4oc5ccccc5c34)cc2)cc(-c2cccc3ccccc23)c1. The van der Waals surface area contributed by atoms with Crippen molar-refractivity contribution in [1.29, 1.82) is 0 Å². The van der Waals surface area contributed by atoms with Crippen LogP contribution in [0.15, 0.2) is 205 Å². The molecule has 55 heavy (non-hydrogen) atoms. The van der Waals surface area contributed by atoms with E-state index in [0.29, 0.717) is 0 Å². The first-order chi connectivity index (χ1) is 27.2. The molecule has 2 nitrogen and oxygen atoms in total. The molecule has 0 unspecified atom stereocenters. The van der Waals surface area contributed by atoms with Crippen molar-refractivity contribution in [1.82, 2.24) is 0 Å². The van der Waals surface area contributed by atoms with E-state index in [1.807, 2.05) is 23.5 Å². The van der Waals surface area contributed by atoms with Gasteiger partial charge in [0.1, 0.15) is 11.2 Å². The summed E-state index contributed by atoms with van der Waals surface area (Å²) < 4.78 is 9.02. The zero-order valence-electron chi connectivity index (χ0n) is 29.8. The lowest BCUT2D eigenvalue weighted by Gasteiger charge is -2.26. The number of para-hydroxylation sites is 1. The summed E-state index contributed by atoms with van der Waals surface area (Å²) in [4.78, 5) is 2.36. The Morgan fingerprint density at radius 3 is 1.76 bits per heavy atom. The van der Waals surface area contributed by atoms with E-state index in [4.69, 9.17) is 4.42 Å². The van der Waals surface area contributed by atoms with Gasteiger partial charge in [-0.1, -0.05) is 133 Å². The maximum atomic E-state index is 6.38. The number of rotatable bonds is 6. The number of benzene rings is 9. The first-order valence-corrected chi connectivity index (χ1v) is 19.5. The molecule has 0 N–H and O–H groups in total. The quantitative estimate of drug-likeness (QED) is 0.170. The molecule has 0 saturated heterocycles. The first kappa shape index (κ1) is 31.6. The van der Waals surface area contributed by atoms with Gasteiger partial charge in [0.05, 0.1) is 11.1 Å². The predicted molar refractivity (Wildman–Crippen MR) is 235 cm³/mol. The van der Waals surface area contributed by atoms with Crippen LogP contribution in [0.5, 0.6) is 0 Å². The van der Waals surface area contributed by atoms with Gasteiger partial charge in [0, 0.05) is 36.9 Å². The maximum Gasteiger partial charge on any atom is 0.137 e. The van der Waals surface area contributed by atoms with E-state index in [1.165, 1.54) is 64.3 Å². The van der Waals surface area contributed by atoms with Crippen molar-refractivity contribution < 1.29 is 4.42 Å². The Morgan fingerprint density at radius 1 is 0.364 bits per heavy atom. The van der Waals surface area contributed by atoms with Crippen LogP contribution in [0.1, 0.15) is 0 Å². The molecule has 0 spiro atoms. The molecule has 0 radical (unpaired) electrons. The minimum absolute atomic E-state index is 0.874. The third-order valence-electron chi connectivity index (χ3n) is 10.9. The third kappa shape index (κ3) is 5.40. The number of nitrogens with zero attached hydrogens (tertiary/aromatic N) is 1. The Morgan fingerprint density at radius 2 is 0.945 bits per heavy atom. The molecule has 0 amide bonds. The second-order valence-electron chi connectivity index (χ2n) is 14.1. The van der Waals surface area contributed by atoms with Gasteiger partial charge in [0.15, 0.2) is 0 Å². The van der Waals surface area contributed by atoms with Crippen molar-refractivity contribution in [3.05, 3.63) is 200 Å². The zero-order valence-corrected chi connectivity index (χ0v) is 30.6. The average molecular weight is 720 g/mol. The summed E-state index contributed by atoms with van der Waals surface area (Å²) >= 11 is 1.85. The largest absolute Gasteiger partial charge is 0.456 e. The standard InChI is InChI=1S/C52H33NOS/c1-2-14-42-36(10-1)11-8-17-43(42)39-13-7-12-37(32-39)34-22-27-40(28-23-34)53(47-18-9-20-49-52(47)45-16-3-5-19-48(45)54-49)41-29-24-35(25-30-41)38-26-31-51-46(33-38)44-15-4-6-21-50(44)55-51/h1-33H. The van der Waals surface area contributed by atoms with Crippen LogP contribution in [-0.4, -0.2) is 0 Å². The van der Waals surface area contributed by atoms with Gasteiger partial charge in [-0.3, -0.25) is 0 Å². The molecule has 11 aromatic rings. The molecule has 3 heteroatoms. The summed E-state index contributed by atoms with van der Waals surface area (Å²) in [6.07, 6.45) is 0. The molecule has 2 aromatic heterocycles. The van der Waals surface area contributed by atoms with Crippen LogP contribution < -0.4 is 4.90 Å². The Labute approximate surface area is 322 Å². The van der Waals surface area contributed by atoms with E-state index in [-0.39, 0.29) is 0 Å². The zero-order chi connectivity index (χ0) is 36.3. The van der Waals surface area contributed by atoms with Crippen LogP contribution in [0.25, 0.3) is 86.3 Å². The highest BCUT2D eigenvalue weighted by Crippen LogP contribution is 2.44. The molecule has 2 heterocycles. The third-order valence-corrected chi connectivity index (χ3v) is 12.0. The summed E-state index contributed by atoms with van der Waals surface area (Å²) in [5, 5.41) is 7.35. The van der Waals surface area contributed by atoms with Gasteiger partial charge in [0.2, 0.25) is 0 Å². The fourth-order valence-electron chi connectivity index (χ4n) is 8.22. The van der Waals surface area contributed by atoms with Crippen LogP contribution >= 0.6 is 11.3 Å². The van der Waals surface area contributed by atoms with Crippen LogP contribution in [0.2, 0.25) is 0 Å². The van der Waals surface area contributed by atoms with E-state index in [1.54, 1.807) is 0 Å². The van der Waals surface area contributed by atoms with E-state index < -0.39 is 0 Å². The topological polar surface area (TPSA) is 16.4 Å². The molecule has 0 aliphatic rings. The lowest BCUT2D eigenvalue weighted by Crippen LogP contribution is -2.10. The Bertz CT molecular complexity index is 3200. The lowest BCUT2D eigenvalue weighted by atomic mass is 9.95. The van der Waals surface area contributed by atoms with Crippen molar-refractivity contribution in [3.63, 3.8) is 0 Å². The average Bonchev–Trinajstić information content (AvgIpc) is 3.83. The van der Waals surface area contributed by atoms with Gasteiger partial charge in [-0.15, -0.1) is 11.3 Å². The number of thiophene rings is 1. The Kier molecular flexibility index (Phi) is 7.39. The highest BCUT2D eigenvalue weighted by Gasteiger charge is 2.20. The van der Waals surface area contributed by atoms with E-state index in [2.05, 4.69) is 193 Å². The number of anilines is 3. The number of hydrogen-bond donors (Lipinski definition) is 0. The molecule has 0 fully saturated rings. The fraction of sp³-hybridized carbons (Fsp3) is 0. The molecular formula is C52H33NOS. The van der Waals surface area contributed by atoms with Crippen molar-refractivity contribution >= 4 is 81.3 Å². The molecule has 0 aliphatic heterocycles. The van der Waals surface area contributed by atoms with Crippen LogP contribution in [0.3, 0.4) is 0 Å². The van der Waals surface area contributed by atoms with Gasteiger partial charge < -0.3 is 9.32 Å². The molecule has 258 valence electrons. The fourth-order valence-corrected chi connectivity index (χ4v) is 9.31. The van der Waals surface area contributed by atoms with Gasteiger partial charge in [-0.05, 0) is 111 Å². The van der Waals surface area contributed by atoms with E-state index in [9.17, 15) is 0 Å². The molecule has 0 aliphatic carbocycles. The minimum Gasteiger partial charge on any atom is -0.456 e. The summed E-state index contributed by atoms with van der Waals surface area (Å²) in [5.41, 5.74) is 12.2. The lowest BCUT2D eigenvalue weighted by molar-refractivity contribution is 0.669. The molecule has 9 aromatic carbocycles. The summed E-state index contributed by atoms with van der Waals surface area (Å²) in [5.74, 6) is 0. The first-order valence-electron chi connectivity index (χ1n) is 18.7. The molecule has 0 atom stereocenters. The predicted octanol–water partition coefficient (Wildman–Crippen LogP) is 15.6. The molecule has 0 bridgehead atoms. The smallest absolute Gasteiger partial charge is 0.137 e. The highest BCUT2D eigenvalue weighted by molar-refractivity contribution is 7.25. The van der Waals surface area contributed by atoms with Crippen molar-refractivity contribution in [2.75, 3.05) is 4.90 Å². The van der Waals surface area contributed by atoms with Crippen molar-refractivity contribution in [2.24, 2.45) is 0 Å². The summed E-state index contributed by atoms with van der Waals surface area (Å²) in [6.45, 7) is 0. The van der Waals surface area contributed by atoms with Crippen molar-refractivity contribution in [2.45, 2.75) is 0 Å². The number of furan rings is 1. The summed E-state index contributed by atoms with van der Waals surface area (Å²) in [6, 6.07) is 72.2. The van der Waals surface area contributed by atoms with Gasteiger partial charge in [-0.2, -0.15) is 0 Å². The molecular weight excluding hydrogens is 687 g/mol. The maximum absolute atomic E-state index is 6.38. The van der Waals surface area contributed by atoms with E-state index in [0.717, 1.165) is 39.0 Å². The van der Waals surface area contributed by atoms with Crippen LogP contribution in [0.4, 0.5) is 17.1 Å². The summed E-state index contributed by atoms with van der Waals surface area (Å²) in [7, 11) is 0. The minimum atomic E-state index is 0.874. The molecule has 0 saturated carbocycles.